The van der Waals surface area contributed by atoms with Gasteiger partial charge in [0.15, 0.2) is 0 Å². The molecule has 2 aliphatic rings. The van der Waals surface area contributed by atoms with Crippen molar-refractivity contribution in [1.82, 2.24) is 30.0 Å². The van der Waals surface area contributed by atoms with E-state index in [9.17, 15) is 4.79 Å². The average Bonchev–Trinajstić information content (AvgIpc) is 3.39. The van der Waals surface area contributed by atoms with Crippen molar-refractivity contribution in [2.24, 2.45) is 0 Å². The molecule has 1 saturated heterocycles. The fourth-order valence-corrected chi connectivity index (χ4v) is 3.89. The van der Waals surface area contributed by atoms with Crippen LogP contribution in [-0.4, -0.2) is 67.8 Å². The van der Waals surface area contributed by atoms with Gasteiger partial charge in [-0.25, -0.2) is 4.68 Å². The topological polar surface area (TPSA) is 67.2 Å². The van der Waals surface area contributed by atoms with Gasteiger partial charge in [-0.2, -0.15) is 0 Å². The van der Waals surface area contributed by atoms with Crippen LogP contribution in [0.5, 0.6) is 0 Å². The van der Waals surface area contributed by atoms with Crippen molar-refractivity contribution >= 4 is 17.7 Å². The van der Waals surface area contributed by atoms with Crippen LogP contribution in [0, 0.1) is 0 Å². The summed E-state index contributed by atoms with van der Waals surface area (Å²) in [5.74, 6) is 0.584. The molecule has 1 aromatic carbocycles. The van der Waals surface area contributed by atoms with Crippen molar-refractivity contribution in [1.29, 1.82) is 0 Å². The molecule has 7 nitrogen and oxygen atoms in total. The van der Waals surface area contributed by atoms with E-state index in [-0.39, 0.29) is 5.91 Å². The summed E-state index contributed by atoms with van der Waals surface area (Å²) < 4.78 is 1.86. The first kappa shape index (κ1) is 16.5. The van der Waals surface area contributed by atoms with Crippen LogP contribution >= 0.6 is 11.8 Å². The molecule has 0 spiro atoms. The molecule has 0 N–H and O–H groups in total. The second kappa shape index (κ2) is 7.53. The van der Waals surface area contributed by atoms with Gasteiger partial charge in [0, 0.05) is 32.7 Å². The molecule has 0 unspecified atom stereocenters. The first-order chi connectivity index (χ1) is 12.3. The van der Waals surface area contributed by atoms with Crippen LogP contribution in [0.25, 0.3) is 0 Å². The third kappa shape index (κ3) is 4.19. The monoisotopic (exact) mass is 358 g/mol. The Bertz CT molecular complexity index is 709. The van der Waals surface area contributed by atoms with Gasteiger partial charge >= 0.3 is 0 Å². The van der Waals surface area contributed by atoms with Gasteiger partial charge in [-0.05, 0) is 28.8 Å². The Morgan fingerprint density at radius 1 is 1.12 bits per heavy atom. The molecule has 1 aliphatic carbocycles. The molecule has 1 saturated carbocycles. The number of hydrogen-bond donors (Lipinski definition) is 0. The first-order valence-corrected chi connectivity index (χ1v) is 9.73. The molecule has 2 aromatic rings. The Labute approximate surface area is 151 Å². The minimum absolute atomic E-state index is 0.176. The number of hydrogen-bond acceptors (Lipinski definition) is 6. The van der Waals surface area contributed by atoms with E-state index in [4.69, 9.17) is 0 Å². The van der Waals surface area contributed by atoms with Crippen LogP contribution in [0.2, 0.25) is 0 Å². The Morgan fingerprint density at radius 3 is 2.60 bits per heavy atom. The number of carbonyl (C=O) groups excluding carboxylic acids is 1. The first-order valence-electron chi connectivity index (χ1n) is 8.74. The molecule has 4 rings (SSSR count). The molecule has 0 atom stereocenters. The summed E-state index contributed by atoms with van der Waals surface area (Å²) in [5.41, 5.74) is 1.32. The van der Waals surface area contributed by atoms with E-state index in [1.165, 1.54) is 17.3 Å². The molecule has 2 heterocycles. The lowest BCUT2D eigenvalue weighted by Crippen LogP contribution is -2.48. The van der Waals surface area contributed by atoms with E-state index in [1.807, 2.05) is 15.6 Å². The van der Waals surface area contributed by atoms with Crippen molar-refractivity contribution in [3.63, 3.8) is 0 Å². The van der Waals surface area contributed by atoms with E-state index in [0.717, 1.165) is 50.7 Å². The maximum Gasteiger partial charge on any atom is 0.233 e. The lowest BCUT2D eigenvalue weighted by molar-refractivity contribution is -0.130. The van der Waals surface area contributed by atoms with Crippen LogP contribution in [0.3, 0.4) is 0 Å². The number of benzene rings is 1. The maximum atomic E-state index is 12.5. The Hall–Kier alpha value is -1.93. The summed E-state index contributed by atoms with van der Waals surface area (Å²) in [7, 11) is 0. The second-order valence-electron chi connectivity index (χ2n) is 6.57. The fraction of sp³-hybridized carbons (Fsp3) is 0.529. The van der Waals surface area contributed by atoms with Crippen LogP contribution < -0.4 is 0 Å². The predicted molar refractivity (Wildman–Crippen MR) is 95.1 cm³/mol. The highest BCUT2D eigenvalue weighted by molar-refractivity contribution is 7.99. The third-order valence-corrected chi connectivity index (χ3v) is 5.57. The number of aromatic nitrogens is 4. The molecular weight excluding hydrogens is 336 g/mol. The van der Waals surface area contributed by atoms with Gasteiger partial charge in [-0.3, -0.25) is 9.69 Å². The van der Waals surface area contributed by atoms with Crippen molar-refractivity contribution in [2.75, 3.05) is 31.9 Å². The minimum atomic E-state index is 0.176. The zero-order valence-electron chi connectivity index (χ0n) is 14.1. The molecule has 2 fully saturated rings. The van der Waals surface area contributed by atoms with Crippen molar-refractivity contribution in [3.05, 3.63) is 35.9 Å². The molecule has 132 valence electrons. The Balaban J connectivity index is 1.23. The molecule has 0 radical (unpaired) electrons. The zero-order chi connectivity index (χ0) is 17.1. The van der Waals surface area contributed by atoms with Crippen molar-refractivity contribution in [3.8, 4) is 0 Å². The van der Waals surface area contributed by atoms with Gasteiger partial charge < -0.3 is 4.90 Å². The van der Waals surface area contributed by atoms with Gasteiger partial charge in [0.05, 0.1) is 11.8 Å². The summed E-state index contributed by atoms with van der Waals surface area (Å²) in [6.45, 7) is 4.38. The van der Waals surface area contributed by atoms with Crippen LogP contribution in [0.1, 0.15) is 24.4 Å². The summed E-state index contributed by atoms with van der Waals surface area (Å²) in [5, 5.41) is 12.6. The SMILES string of the molecule is O=C(CSc1nnnn1C1CC1)N1CCN(Cc2ccccc2)CC1. The normalized spacial score (nSPS) is 18.5. The van der Waals surface area contributed by atoms with Crippen molar-refractivity contribution in [2.45, 2.75) is 30.6 Å². The molecule has 1 amide bonds. The highest BCUT2D eigenvalue weighted by Gasteiger charge is 2.28. The number of tetrazole rings is 1. The standard InChI is InChI=1S/C17H22N6OS/c24-16(13-25-17-18-19-20-23(17)15-6-7-15)22-10-8-21(9-11-22)12-14-4-2-1-3-5-14/h1-5,15H,6-13H2. The Morgan fingerprint density at radius 2 is 1.88 bits per heavy atom. The highest BCUT2D eigenvalue weighted by atomic mass is 32.2. The van der Waals surface area contributed by atoms with Crippen LogP contribution in [-0.2, 0) is 11.3 Å². The smallest absolute Gasteiger partial charge is 0.233 e. The minimum Gasteiger partial charge on any atom is -0.339 e. The van der Waals surface area contributed by atoms with Crippen molar-refractivity contribution < 1.29 is 4.79 Å². The van der Waals surface area contributed by atoms with E-state index >= 15 is 0 Å². The largest absolute Gasteiger partial charge is 0.339 e. The Kier molecular flexibility index (Phi) is 4.98. The number of nitrogens with zero attached hydrogens (tertiary/aromatic N) is 6. The molecule has 25 heavy (non-hydrogen) atoms. The van der Waals surface area contributed by atoms with Gasteiger partial charge in [-0.15, -0.1) is 5.10 Å². The van der Waals surface area contributed by atoms with Gasteiger partial charge in [-0.1, -0.05) is 42.1 Å². The van der Waals surface area contributed by atoms with Gasteiger partial charge in [0.25, 0.3) is 0 Å². The summed E-state index contributed by atoms with van der Waals surface area (Å²) in [4.78, 5) is 16.8. The lowest BCUT2D eigenvalue weighted by Gasteiger charge is -2.34. The van der Waals surface area contributed by atoms with E-state index < -0.39 is 0 Å². The molecule has 0 bridgehead atoms. The third-order valence-electron chi connectivity index (χ3n) is 4.65. The van der Waals surface area contributed by atoms with E-state index in [2.05, 4.69) is 44.7 Å². The number of amides is 1. The van der Waals surface area contributed by atoms with Gasteiger partial charge in [0.1, 0.15) is 0 Å². The van der Waals surface area contributed by atoms with E-state index in [1.54, 1.807) is 0 Å². The summed E-state index contributed by atoms with van der Waals surface area (Å²) in [6.07, 6.45) is 2.27. The zero-order valence-corrected chi connectivity index (χ0v) is 14.9. The molecule has 1 aromatic heterocycles. The molecular formula is C17H22N6OS. The number of carbonyl (C=O) groups is 1. The number of piperazine rings is 1. The lowest BCUT2D eigenvalue weighted by atomic mass is 10.2. The highest BCUT2D eigenvalue weighted by Crippen LogP contribution is 2.36. The average molecular weight is 358 g/mol. The predicted octanol–water partition coefficient (Wildman–Crippen LogP) is 1.44. The summed E-state index contributed by atoms with van der Waals surface area (Å²) in [6, 6.07) is 10.9. The molecule has 1 aliphatic heterocycles. The quantitative estimate of drug-likeness (QED) is 0.728. The summed E-state index contributed by atoms with van der Waals surface area (Å²) >= 11 is 1.45. The maximum absolute atomic E-state index is 12.5. The van der Waals surface area contributed by atoms with Crippen LogP contribution in [0.15, 0.2) is 35.5 Å². The number of rotatable bonds is 6. The number of thioether (sulfide) groups is 1. The second-order valence-corrected chi connectivity index (χ2v) is 7.51. The fourth-order valence-electron chi connectivity index (χ4n) is 3.04. The van der Waals surface area contributed by atoms with E-state index in [0.29, 0.717) is 11.8 Å². The van der Waals surface area contributed by atoms with Crippen LogP contribution in [0.4, 0.5) is 0 Å². The molecule has 8 heteroatoms. The van der Waals surface area contributed by atoms with Gasteiger partial charge in [0.2, 0.25) is 11.1 Å².